The normalized spacial score (nSPS) is 21.3. The smallest absolute Gasteiger partial charge is 0.315 e. The van der Waals surface area contributed by atoms with Crippen LogP contribution in [0.3, 0.4) is 0 Å². The summed E-state index contributed by atoms with van der Waals surface area (Å²) in [6, 6.07) is 4.74. The van der Waals surface area contributed by atoms with E-state index in [1.165, 1.54) is 64.2 Å². The molecule has 1 aromatic rings. The molecule has 0 aliphatic carbocycles. The maximum Gasteiger partial charge on any atom is 0.315 e. The van der Waals surface area contributed by atoms with Crippen molar-refractivity contribution in [3.63, 3.8) is 0 Å². The lowest BCUT2D eigenvalue weighted by molar-refractivity contribution is -0.121. The van der Waals surface area contributed by atoms with E-state index >= 15 is 0 Å². The zero-order chi connectivity index (χ0) is 23.8. The van der Waals surface area contributed by atoms with Crippen LogP contribution in [0.4, 0.5) is 4.79 Å². The van der Waals surface area contributed by atoms with Crippen LogP contribution in [0.1, 0.15) is 96.3 Å². The summed E-state index contributed by atoms with van der Waals surface area (Å²) < 4.78 is 2.27. The van der Waals surface area contributed by atoms with Crippen LogP contribution in [-0.2, 0) is 11.3 Å². The third-order valence-electron chi connectivity index (χ3n) is 7.16. The topological polar surface area (TPSA) is 75.2 Å². The summed E-state index contributed by atoms with van der Waals surface area (Å²) in [5.74, 6) is 1.20. The lowest BCUT2D eigenvalue weighted by atomic mass is 10.0. The van der Waals surface area contributed by atoms with Gasteiger partial charge in [0.05, 0.1) is 12.1 Å². The van der Waals surface area contributed by atoms with Gasteiger partial charge in [-0.1, -0.05) is 64.2 Å². The van der Waals surface area contributed by atoms with E-state index in [9.17, 15) is 9.59 Å². The van der Waals surface area contributed by atoms with Gasteiger partial charge in [-0.05, 0) is 37.8 Å². The first-order valence-corrected chi connectivity index (χ1v) is 14.8. The Kier molecular flexibility index (Phi) is 12.8. The largest absolute Gasteiger partial charge is 0.356 e. The van der Waals surface area contributed by atoms with Crippen LogP contribution in [-0.4, -0.2) is 46.1 Å². The van der Waals surface area contributed by atoms with Gasteiger partial charge in [0.1, 0.15) is 0 Å². The van der Waals surface area contributed by atoms with Gasteiger partial charge in [-0.25, -0.2) is 4.79 Å². The highest BCUT2D eigenvalue weighted by molar-refractivity contribution is 8.00. The van der Waals surface area contributed by atoms with Crippen LogP contribution in [0, 0.1) is 0 Å². The SMILES string of the molecule is O=C(CCCC[C@@H]1SC[C@@H]2NC(=O)N[C@@H]21)NCCCCCCCCCCCCCn1cccc1. The number of carbonyl (C=O) groups excluding carboxylic acids is 2. The molecule has 3 atom stereocenters. The van der Waals surface area contributed by atoms with Crippen LogP contribution in [0.2, 0.25) is 0 Å². The monoisotopic (exact) mass is 490 g/mol. The number of fused-ring (bicyclic) bond motifs is 1. The van der Waals surface area contributed by atoms with E-state index < -0.39 is 0 Å². The second-order valence-electron chi connectivity index (χ2n) is 10.0. The van der Waals surface area contributed by atoms with Crippen molar-refractivity contribution in [2.75, 3.05) is 12.3 Å². The summed E-state index contributed by atoms with van der Waals surface area (Å²) in [6.45, 7) is 1.98. The Morgan fingerprint density at radius 2 is 1.53 bits per heavy atom. The third-order valence-corrected chi connectivity index (χ3v) is 8.67. The zero-order valence-electron chi connectivity index (χ0n) is 20.9. The van der Waals surface area contributed by atoms with E-state index in [0.717, 1.165) is 44.5 Å². The van der Waals surface area contributed by atoms with Gasteiger partial charge < -0.3 is 20.5 Å². The highest BCUT2D eigenvalue weighted by Gasteiger charge is 2.42. The number of aromatic nitrogens is 1. The van der Waals surface area contributed by atoms with Gasteiger partial charge >= 0.3 is 6.03 Å². The first-order valence-electron chi connectivity index (χ1n) is 13.8. The van der Waals surface area contributed by atoms with Crippen molar-refractivity contribution in [2.45, 2.75) is 120 Å². The van der Waals surface area contributed by atoms with E-state index in [2.05, 4.69) is 45.0 Å². The fourth-order valence-electron chi connectivity index (χ4n) is 5.12. The minimum Gasteiger partial charge on any atom is -0.356 e. The van der Waals surface area contributed by atoms with Crippen molar-refractivity contribution in [3.05, 3.63) is 24.5 Å². The quantitative estimate of drug-likeness (QED) is 0.174. The summed E-state index contributed by atoms with van der Waals surface area (Å²) >= 11 is 1.95. The molecule has 2 aliphatic rings. The van der Waals surface area contributed by atoms with Gasteiger partial charge in [0.2, 0.25) is 5.91 Å². The molecule has 0 bridgehead atoms. The Bertz CT molecular complexity index is 697. The number of aryl methyl sites for hydroxylation is 1. The lowest BCUT2D eigenvalue weighted by Crippen LogP contribution is -2.36. The molecule has 192 valence electrons. The van der Waals surface area contributed by atoms with E-state index in [4.69, 9.17) is 0 Å². The molecule has 2 aliphatic heterocycles. The van der Waals surface area contributed by atoms with Crippen molar-refractivity contribution in [3.8, 4) is 0 Å². The number of carbonyl (C=O) groups is 2. The zero-order valence-corrected chi connectivity index (χ0v) is 21.8. The molecule has 2 saturated heterocycles. The molecule has 0 radical (unpaired) electrons. The average molecular weight is 491 g/mol. The maximum atomic E-state index is 12.0. The second-order valence-corrected chi connectivity index (χ2v) is 11.3. The fourth-order valence-corrected chi connectivity index (χ4v) is 6.66. The van der Waals surface area contributed by atoms with Crippen LogP contribution in [0.5, 0.6) is 0 Å². The van der Waals surface area contributed by atoms with E-state index in [1.807, 2.05) is 11.8 Å². The van der Waals surface area contributed by atoms with Gasteiger partial charge in [-0.3, -0.25) is 4.79 Å². The Labute approximate surface area is 210 Å². The lowest BCUT2D eigenvalue weighted by Gasteiger charge is -2.16. The molecule has 3 heterocycles. The standard InChI is InChI=1S/C27H46N4O2S/c32-25(17-11-10-16-24-26-23(22-34-24)29-27(33)30-26)28-18-12-8-6-4-2-1-3-5-7-9-13-19-31-20-14-15-21-31/h14-15,20-21,23-24,26H,1-13,16-19,22H2,(H,28,32)(H2,29,30,33)/t23-,24-,26-/m0/s1. The number of hydrogen-bond donors (Lipinski definition) is 3. The minimum atomic E-state index is -0.0229. The Balaban J connectivity index is 1.02. The van der Waals surface area contributed by atoms with Crippen LogP contribution in [0.15, 0.2) is 24.5 Å². The molecule has 2 fully saturated rings. The molecule has 7 heteroatoms. The molecule has 0 aromatic carbocycles. The molecule has 1 aromatic heterocycles. The van der Waals surface area contributed by atoms with Crippen molar-refractivity contribution in [1.29, 1.82) is 0 Å². The average Bonchev–Trinajstić information content (AvgIpc) is 3.55. The van der Waals surface area contributed by atoms with Crippen LogP contribution in [0.25, 0.3) is 0 Å². The predicted octanol–water partition coefficient (Wildman–Crippen LogP) is 5.62. The molecule has 0 spiro atoms. The third kappa shape index (κ3) is 10.3. The molecule has 0 saturated carbocycles. The first-order chi connectivity index (χ1) is 16.7. The number of amides is 3. The van der Waals surface area contributed by atoms with Gasteiger partial charge in [0.25, 0.3) is 0 Å². The number of rotatable bonds is 19. The highest BCUT2D eigenvalue weighted by atomic mass is 32.2. The van der Waals surface area contributed by atoms with Crippen LogP contribution < -0.4 is 16.0 Å². The van der Waals surface area contributed by atoms with Gasteiger partial charge in [0.15, 0.2) is 0 Å². The Hall–Kier alpha value is -1.63. The Morgan fingerprint density at radius 3 is 2.24 bits per heavy atom. The Morgan fingerprint density at radius 1 is 0.882 bits per heavy atom. The second kappa shape index (κ2) is 16.1. The van der Waals surface area contributed by atoms with E-state index in [1.54, 1.807) is 0 Å². The molecule has 0 unspecified atom stereocenters. The number of nitrogens with zero attached hydrogens (tertiary/aromatic N) is 1. The van der Waals surface area contributed by atoms with Gasteiger partial charge in [-0.2, -0.15) is 11.8 Å². The molecular weight excluding hydrogens is 444 g/mol. The van der Waals surface area contributed by atoms with Crippen molar-refractivity contribution in [2.24, 2.45) is 0 Å². The van der Waals surface area contributed by atoms with Crippen LogP contribution >= 0.6 is 11.8 Å². The summed E-state index contributed by atoms with van der Waals surface area (Å²) in [5.41, 5.74) is 0. The number of unbranched alkanes of at least 4 members (excludes halogenated alkanes) is 11. The molecule has 3 N–H and O–H groups in total. The first kappa shape index (κ1) is 27.0. The van der Waals surface area contributed by atoms with Gasteiger partial charge in [0, 0.05) is 42.9 Å². The molecule has 34 heavy (non-hydrogen) atoms. The van der Waals surface area contributed by atoms with Crippen molar-refractivity contribution < 1.29 is 9.59 Å². The summed E-state index contributed by atoms with van der Waals surface area (Å²) in [7, 11) is 0. The molecular formula is C27H46N4O2S. The number of thioether (sulfide) groups is 1. The fraction of sp³-hybridized carbons (Fsp3) is 0.778. The minimum absolute atomic E-state index is 0.0229. The van der Waals surface area contributed by atoms with E-state index in [0.29, 0.717) is 17.7 Å². The molecule has 3 rings (SSSR count). The maximum absolute atomic E-state index is 12.0. The summed E-state index contributed by atoms with van der Waals surface area (Å²) in [4.78, 5) is 23.5. The van der Waals surface area contributed by atoms with Crippen molar-refractivity contribution in [1.82, 2.24) is 20.5 Å². The highest BCUT2D eigenvalue weighted by Crippen LogP contribution is 2.33. The molecule has 6 nitrogen and oxygen atoms in total. The summed E-state index contributed by atoms with van der Waals surface area (Å²) in [6.07, 6.45) is 22.5. The molecule has 3 amide bonds. The van der Waals surface area contributed by atoms with Crippen molar-refractivity contribution >= 4 is 23.7 Å². The number of urea groups is 1. The summed E-state index contributed by atoms with van der Waals surface area (Å²) in [5, 5.41) is 9.60. The van der Waals surface area contributed by atoms with Gasteiger partial charge in [-0.15, -0.1) is 0 Å². The predicted molar refractivity (Wildman–Crippen MR) is 142 cm³/mol. The number of hydrogen-bond acceptors (Lipinski definition) is 3. The number of nitrogens with one attached hydrogen (secondary N) is 3. The van der Waals surface area contributed by atoms with E-state index in [-0.39, 0.29) is 18.0 Å².